The van der Waals surface area contributed by atoms with E-state index in [1.165, 1.54) is 18.2 Å². The van der Waals surface area contributed by atoms with Crippen molar-refractivity contribution in [3.05, 3.63) is 23.8 Å². The summed E-state index contributed by atoms with van der Waals surface area (Å²) in [6.07, 6.45) is 5.22. The topological polar surface area (TPSA) is 69.6 Å². The molecule has 0 heterocycles. The van der Waals surface area contributed by atoms with Crippen LogP contribution < -0.4 is 5.32 Å². The quantitative estimate of drug-likeness (QED) is 0.655. The van der Waals surface area contributed by atoms with Gasteiger partial charge in [-0.2, -0.15) is 0 Å². The molecule has 0 aromatic heterocycles. The predicted octanol–water partition coefficient (Wildman–Crippen LogP) is 1.24. The Balaban J connectivity index is 3.04. The lowest BCUT2D eigenvalue weighted by molar-refractivity contribution is 0.0924. The number of nitrogens with one attached hydrogen (secondary N) is 1. The van der Waals surface area contributed by atoms with Gasteiger partial charge >= 0.3 is 0 Å². The summed E-state index contributed by atoms with van der Waals surface area (Å²) in [7, 11) is 0. The highest BCUT2D eigenvalue weighted by Gasteiger charge is 2.22. The number of aromatic hydroxyl groups is 2. The number of phenols is 2. The van der Waals surface area contributed by atoms with Gasteiger partial charge in [-0.05, 0) is 26.0 Å². The van der Waals surface area contributed by atoms with Crippen molar-refractivity contribution in [2.45, 2.75) is 19.4 Å². The van der Waals surface area contributed by atoms with Crippen LogP contribution in [0.4, 0.5) is 0 Å². The lowest BCUT2D eigenvalue weighted by Gasteiger charge is -2.20. The molecule has 1 rings (SSSR count). The maximum Gasteiger partial charge on any atom is 0.259 e. The van der Waals surface area contributed by atoms with Crippen LogP contribution in [0.1, 0.15) is 24.2 Å². The molecule has 1 aromatic carbocycles. The van der Waals surface area contributed by atoms with Crippen LogP contribution >= 0.6 is 0 Å². The van der Waals surface area contributed by atoms with Crippen LogP contribution in [-0.2, 0) is 0 Å². The second-order valence-electron chi connectivity index (χ2n) is 3.89. The van der Waals surface area contributed by atoms with Crippen molar-refractivity contribution in [1.82, 2.24) is 5.32 Å². The Labute approximate surface area is 93.9 Å². The Morgan fingerprint density at radius 1 is 1.38 bits per heavy atom. The number of benzene rings is 1. The zero-order valence-electron chi connectivity index (χ0n) is 9.11. The van der Waals surface area contributed by atoms with Crippen molar-refractivity contribution in [2.24, 2.45) is 0 Å². The maximum absolute atomic E-state index is 11.7. The summed E-state index contributed by atoms with van der Waals surface area (Å²) in [6, 6.07) is 4.07. The number of carbonyl (C=O) groups is 1. The molecular formula is C12H13NO3. The predicted molar refractivity (Wildman–Crippen MR) is 60.1 cm³/mol. The SMILES string of the molecule is C#CC(C)(C)NC(=O)c1c(O)cccc1O. The molecule has 0 saturated carbocycles. The van der Waals surface area contributed by atoms with Crippen molar-refractivity contribution in [2.75, 3.05) is 0 Å². The minimum atomic E-state index is -0.841. The van der Waals surface area contributed by atoms with Gasteiger partial charge in [0.15, 0.2) is 0 Å². The van der Waals surface area contributed by atoms with E-state index in [1.54, 1.807) is 13.8 Å². The standard InChI is InChI=1S/C12H13NO3/c1-4-12(2,3)13-11(16)10-8(14)6-5-7-9(10)15/h1,5-7,14-15H,2-3H3,(H,13,16). The summed E-state index contributed by atoms with van der Waals surface area (Å²) < 4.78 is 0. The molecular weight excluding hydrogens is 206 g/mol. The first-order valence-corrected chi connectivity index (χ1v) is 4.68. The number of phenolic OH excluding ortho intramolecular Hbond substituents is 2. The van der Waals surface area contributed by atoms with E-state index in [2.05, 4.69) is 11.2 Å². The lowest BCUT2D eigenvalue weighted by atomic mass is 10.1. The molecule has 16 heavy (non-hydrogen) atoms. The van der Waals surface area contributed by atoms with Crippen molar-refractivity contribution < 1.29 is 15.0 Å². The summed E-state index contributed by atoms with van der Waals surface area (Å²) in [5, 5.41) is 21.4. The average Bonchev–Trinajstić information content (AvgIpc) is 2.16. The van der Waals surface area contributed by atoms with Gasteiger partial charge in [0.05, 0.1) is 5.54 Å². The van der Waals surface area contributed by atoms with Crippen LogP contribution in [-0.4, -0.2) is 21.7 Å². The van der Waals surface area contributed by atoms with Gasteiger partial charge in [0.2, 0.25) is 0 Å². The first-order valence-electron chi connectivity index (χ1n) is 4.68. The van der Waals surface area contributed by atoms with Crippen molar-refractivity contribution in [3.8, 4) is 23.8 Å². The average molecular weight is 219 g/mol. The van der Waals surface area contributed by atoms with E-state index in [0.717, 1.165) is 0 Å². The summed E-state index contributed by atoms with van der Waals surface area (Å²) in [5.74, 6) is 1.20. The minimum absolute atomic E-state index is 0.175. The number of terminal acetylenes is 1. The molecule has 0 aliphatic rings. The van der Waals surface area contributed by atoms with Crippen LogP contribution in [0.15, 0.2) is 18.2 Å². The largest absolute Gasteiger partial charge is 0.507 e. The Hall–Kier alpha value is -2.15. The maximum atomic E-state index is 11.7. The molecule has 0 radical (unpaired) electrons. The molecule has 1 aromatic rings. The molecule has 4 nitrogen and oxygen atoms in total. The highest BCUT2D eigenvalue weighted by atomic mass is 16.3. The fraction of sp³-hybridized carbons (Fsp3) is 0.250. The Kier molecular flexibility index (Phi) is 3.09. The molecule has 0 unspecified atom stereocenters. The molecule has 0 bridgehead atoms. The van der Waals surface area contributed by atoms with E-state index >= 15 is 0 Å². The van der Waals surface area contributed by atoms with Crippen LogP contribution in [0, 0.1) is 12.3 Å². The fourth-order valence-electron chi connectivity index (χ4n) is 1.14. The molecule has 0 saturated heterocycles. The summed E-state index contributed by atoms with van der Waals surface area (Å²) in [6.45, 7) is 3.28. The van der Waals surface area contributed by atoms with Crippen LogP contribution in [0.5, 0.6) is 11.5 Å². The Bertz CT molecular complexity index is 438. The van der Waals surface area contributed by atoms with Gasteiger partial charge in [-0.15, -0.1) is 6.42 Å². The van der Waals surface area contributed by atoms with E-state index in [4.69, 9.17) is 6.42 Å². The van der Waals surface area contributed by atoms with Gasteiger partial charge in [-0.3, -0.25) is 4.79 Å². The molecule has 0 aliphatic heterocycles. The van der Waals surface area contributed by atoms with Gasteiger partial charge < -0.3 is 15.5 Å². The highest BCUT2D eigenvalue weighted by molar-refractivity contribution is 6.00. The summed E-state index contributed by atoms with van der Waals surface area (Å²) in [5.41, 5.74) is -1.02. The second kappa shape index (κ2) is 4.15. The third kappa shape index (κ3) is 2.45. The number of carbonyl (C=O) groups excluding carboxylic acids is 1. The number of hydrogen-bond acceptors (Lipinski definition) is 3. The summed E-state index contributed by atoms with van der Waals surface area (Å²) in [4.78, 5) is 11.7. The first kappa shape index (κ1) is 11.9. The number of hydrogen-bond donors (Lipinski definition) is 3. The third-order valence-corrected chi connectivity index (χ3v) is 2.03. The monoisotopic (exact) mass is 219 g/mol. The van der Waals surface area contributed by atoms with E-state index in [9.17, 15) is 15.0 Å². The third-order valence-electron chi connectivity index (χ3n) is 2.03. The lowest BCUT2D eigenvalue weighted by Crippen LogP contribution is -2.42. The highest BCUT2D eigenvalue weighted by Crippen LogP contribution is 2.26. The Morgan fingerprint density at radius 3 is 2.31 bits per heavy atom. The molecule has 0 fully saturated rings. The number of rotatable bonds is 2. The van der Waals surface area contributed by atoms with Gasteiger partial charge in [-0.1, -0.05) is 12.0 Å². The number of amides is 1. The normalized spacial score (nSPS) is 10.6. The summed E-state index contributed by atoms with van der Waals surface area (Å²) >= 11 is 0. The smallest absolute Gasteiger partial charge is 0.259 e. The van der Waals surface area contributed by atoms with E-state index in [1.807, 2.05) is 0 Å². The van der Waals surface area contributed by atoms with Gasteiger partial charge in [0.1, 0.15) is 17.1 Å². The Morgan fingerprint density at radius 2 is 1.88 bits per heavy atom. The van der Waals surface area contributed by atoms with Crippen LogP contribution in [0.25, 0.3) is 0 Å². The van der Waals surface area contributed by atoms with Crippen molar-refractivity contribution >= 4 is 5.91 Å². The van der Waals surface area contributed by atoms with Crippen molar-refractivity contribution in [1.29, 1.82) is 0 Å². The zero-order chi connectivity index (χ0) is 12.3. The van der Waals surface area contributed by atoms with E-state index in [-0.39, 0.29) is 17.1 Å². The second-order valence-corrected chi connectivity index (χ2v) is 3.89. The van der Waals surface area contributed by atoms with E-state index < -0.39 is 11.4 Å². The van der Waals surface area contributed by atoms with Gasteiger partial charge in [-0.25, -0.2) is 0 Å². The molecule has 1 amide bonds. The van der Waals surface area contributed by atoms with Crippen molar-refractivity contribution in [3.63, 3.8) is 0 Å². The molecule has 0 spiro atoms. The van der Waals surface area contributed by atoms with Crippen LogP contribution in [0.3, 0.4) is 0 Å². The van der Waals surface area contributed by atoms with Crippen LogP contribution in [0.2, 0.25) is 0 Å². The molecule has 4 heteroatoms. The van der Waals surface area contributed by atoms with Gasteiger partial charge in [0, 0.05) is 0 Å². The fourth-order valence-corrected chi connectivity index (χ4v) is 1.14. The van der Waals surface area contributed by atoms with E-state index in [0.29, 0.717) is 0 Å². The van der Waals surface area contributed by atoms with Gasteiger partial charge in [0.25, 0.3) is 5.91 Å². The first-order chi connectivity index (χ1) is 7.37. The molecule has 0 aliphatic carbocycles. The molecule has 3 N–H and O–H groups in total. The molecule has 84 valence electrons. The minimum Gasteiger partial charge on any atom is -0.507 e. The molecule has 0 atom stereocenters. The zero-order valence-corrected chi connectivity index (χ0v) is 9.11.